The number of pyridine rings is 1. The Balaban J connectivity index is 1.80. The fourth-order valence-corrected chi connectivity index (χ4v) is 4.36. The fourth-order valence-electron chi connectivity index (χ4n) is 4.36. The van der Waals surface area contributed by atoms with Crippen LogP contribution < -0.4 is 14.8 Å². The van der Waals surface area contributed by atoms with E-state index in [0.717, 1.165) is 5.56 Å². The lowest BCUT2D eigenvalue weighted by Gasteiger charge is -2.30. The third-order valence-corrected chi connectivity index (χ3v) is 6.52. The molecule has 13 nitrogen and oxygen atoms in total. The highest BCUT2D eigenvalue weighted by Gasteiger charge is 2.40. The molecule has 1 fully saturated rings. The van der Waals surface area contributed by atoms with Crippen molar-refractivity contribution < 1.29 is 52.3 Å². The summed E-state index contributed by atoms with van der Waals surface area (Å²) in [6.07, 6.45) is -0.0460. The number of aromatic nitrogens is 1. The third-order valence-electron chi connectivity index (χ3n) is 6.52. The van der Waals surface area contributed by atoms with Gasteiger partial charge in [-0.1, -0.05) is 44.2 Å². The molecule has 1 aliphatic rings. The maximum absolute atomic E-state index is 13.4. The number of carbonyl (C=O) groups excluding carboxylic acids is 4. The van der Waals surface area contributed by atoms with E-state index in [1.807, 2.05) is 44.2 Å². The van der Waals surface area contributed by atoms with E-state index in [1.54, 1.807) is 13.8 Å². The van der Waals surface area contributed by atoms with Crippen molar-refractivity contribution in [3.8, 4) is 11.5 Å². The van der Waals surface area contributed by atoms with Gasteiger partial charge < -0.3 is 38.5 Å². The van der Waals surface area contributed by atoms with E-state index in [1.165, 1.54) is 19.4 Å². The second-order valence-electron chi connectivity index (χ2n) is 10.4. The predicted octanol–water partition coefficient (Wildman–Crippen LogP) is 2.49. The molecule has 240 valence electrons. The number of hydrogen-bond donors (Lipinski definition) is 1. The van der Waals surface area contributed by atoms with Gasteiger partial charge in [-0.15, -0.1) is 0 Å². The summed E-state index contributed by atoms with van der Waals surface area (Å²) in [5, 5.41) is 2.51. The zero-order chi connectivity index (χ0) is 32.1. The van der Waals surface area contributed by atoms with Crippen LogP contribution in [0.1, 0.15) is 43.7 Å². The van der Waals surface area contributed by atoms with Crippen LogP contribution in [0.5, 0.6) is 11.5 Å². The number of esters is 3. The summed E-state index contributed by atoms with van der Waals surface area (Å²) < 4.78 is 38.1. The van der Waals surface area contributed by atoms with Crippen molar-refractivity contribution >= 4 is 23.8 Å². The Kier molecular flexibility index (Phi) is 13.4. The Bertz CT molecular complexity index is 1250. The number of methoxy groups -OCH3 is 1. The number of amides is 1. The highest BCUT2D eigenvalue weighted by molar-refractivity contribution is 5.98. The SMILES string of the molecule is CCOCC(=O)OCOc1c(OC)ccnc1C(=O)N[C@H]1COC(=O)C(Cc2ccccc2)[C@@H](OCC(C)C)C(C)OC1=O. The lowest BCUT2D eigenvalue weighted by molar-refractivity contribution is -0.165. The second-order valence-corrected chi connectivity index (χ2v) is 10.4. The summed E-state index contributed by atoms with van der Waals surface area (Å²) in [5.74, 6) is -3.58. The fraction of sp³-hybridized carbons (Fsp3) is 0.516. The number of benzene rings is 1. The van der Waals surface area contributed by atoms with Crippen molar-refractivity contribution in [2.24, 2.45) is 11.8 Å². The summed E-state index contributed by atoms with van der Waals surface area (Å²) in [7, 11) is 1.35. The van der Waals surface area contributed by atoms with Gasteiger partial charge in [0, 0.05) is 25.5 Å². The molecule has 44 heavy (non-hydrogen) atoms. The molecular weight excluding hydrogens is 576 g/mol. The van der Waals surface area contributed by atoms with E-state index < -0.39 is 61.4 Å². The van der Waals surface area contributed by atoms with Crippen molar-refractivity contribution in [3.05, 3.63) is 53.9 Å². The average molecular weight is 617 g/mol. The Morgan fingerprint density at radius 2 is 1.86 bits per heavy atom. The normalized spacial score (nSPS) is 20.4. The van der Waals surface area contributed by atoms with Crippen LogP contribution in [0.2, 0.25) is 0 Å². The van der Waals surface area contributed by atoms with Crippen LogP contribution in [-0.2, 0) is 44.5 Å². The minimum atomic E-state index is -1.38. The van der Waals surface area contributed by atoms with Crippen LogP contribution in [-0.4, -0.2) is 87.4 Å². The lowest BCUT2D eigenvalue weighted by Crippen LogP contribution is -2.46. The van der Waals surface area contributed by atoms with Gasteiger partial charge in [-0.05, 0) is 31.7 Å². The van der Waals surface area contributed by atoms with E-state index in [2.05, 4.69) is 10.3 Å². The van der Waals surface area contributed by atoms with Crippen molar-refractivity contribution in [2.45, 2.75) is 52.4 Å². The van der Waals surface area contributed by atoms with Crippen LogP contribution in [0.25, 0.3) is 0 Å². The number of cyclic esters (lactones) is 2. The van der Waals surface area contributed by atoms with E-state index >= 15 is 0 Å². The summed E-state index contributed by atoms with van der Waals surface area (Å²) >= 11 is 0. The smallest absolute Gasteiger partial charge is 0.334 e. The lowest BCUT2D eigenvalue weighted by atomic mass is 9.91. The number of rotatable bonds is 14. The van der Waals surface area contributed by atoms with Crippen LogP contribution in [0.4, 0.5) is 0 Å². The van der Waals surface area contributed by atoms with E-state index in [0.29, 0.717) is 19.6 Å². The van der Waals surface area contributed by atoms with Gasteiger partial charge in [0.1, 0.15) is 25.4 Å². The topological polar surface area (TPSA) is 158 Å². The standard InChI is InChI=1S/C31H40N2O11/c1-6-39-17-25(34)42-18-43-28-24(38-5)12-13-32-26(28)29(35)33-23-16-41-30(36)22(14-21-10-8-7-9-11-21)27(40-15-19(2)3)20(4)44-31(23)37/h7-13,19-20,22-23,27H,6,14-18H2,1-5H3,(H,33,35)/t20?,22?,23-,27-/m0/s1. The van der Waals surface area contributed by atoms with Gasteiger partial charge in [-0.2, -0.15) is 0 Å². The monoisotopic (exact) mass is 616 g/mol. The molecule has 1 aliphatic heterocycles. The van der Waals surface area contributed by atoms with Gasteiger partial charge in [0.2, 0.25) is 6.79 Å². The molecule has 0 saturated carbocycles. The highest BCUT2D eigenvalue weighted by Crippen LogP contribution is 2.30. The Morgan fingerprint density at radius 3 is 2.55 bits per heavy atom. The maximum atomic E-state index is 13.4. The van der Waals surface area contributed by atoms with Crippen molar-refractivity contribution in [3.63, 3.8) is 0 Å². The maximum Gasteiger partial charge on any atom is 0.334 e. The molecule has 2 aromatic rings. The summed E-state index contributed by atoms with van der Waals surface area (Å²) in [6, 6.07) is 9.45. The molecule has 0 bridgehead atoms. The molecule has 1 saturated heterocycles. The molecule has 13 heteroatoms. The van der Waals surface area contributed by atoms with E-state index in [4.69, 9.17) is 33.2 Å². The second kappa shape index (κ2) is 17.2. The minimum Gasteiger partial charge on any atom is -0.493 e. The molecular formula is C31H40N2O11. The largest absolute Gasteiger partial charge is 0.493 e. The Morgan fingerprint density at radius 1 is 1.11 bits per heavy atom. The molecule has 0 aliphatic carbocycles. The zero-order valence-electron chi connectivity index (χ0n) is 25.6. The van der Waals surface area contributed by atoms with Gasteiger partial charge in [-0.3, -0.25) is 9.59 Å². The Labute approximate surface area is 256 Å². The molecule has 2 heterocycles. The first kappa shape index (κ1) is 34.3. The van der Waals surface area contributed by atoms with Gasteiger partial charge in [0.15, 0.2) is 23.2 Å². The number of carbonyl (C=O) groups is 4. The average Bonchev–Trinajstić information content (AvgIpc) is 3.04. The number of hydrogen-bond acceptors (Lipinski definition) is 12. The zero-order valence-corrected chi connectivity index (χ0v) is 25.6. The summed E-state index contributed by atoms with van der Waals surface area (Å²) in [4.78, 5) is 55.9. The first-order chi connectivity index (χ1) is 21.1. The van der Waals surface area contributed by atoms with E-state index in [-0.39, 0.29) is 29.7 Å². The minimum absolute atomic E-state index is 0.122. The molecule has 0 spiro atoms. The van der Waals surface area contributed by atoms with E-state index in [9.17, 15) is 19.2 Å². The molecule has 2 unspecified atom stereocenters. The van der Waals surface area contributed by atoms with Crippen molar-refractivity contribution in [1.82, 2.24) is 10.3 Å². The molecule has 3 rings (SSSR count). The summed E-state index contributed by atoms with van der Waals surface area (Å²) in [6.45, 7) is 6.64. The van der Waals surface area contributed by atoms with Crippen LogP contribution in [0, 0.1) is 11.8 Å². The first-order valence-corrected chi connectivity index (χ1v) is 14.4. The Hall–Kier alpha value is -4.23. The number of nitrogens with one attached hydrogen (secondary N) is 1. The molecule has 1 aromatic carbocycles. The van der Waals surface area contributed by atoms with Gasteiger partial charge in [0.25, 0.3) is 5.91 Å². The van der Waals surface area contributed by atoms with Crippen LogP contribution in [0.15, 0.2) is 42.6 Å². The van der Waals surface area contributed by atoms with Crippen LogP contribution in [0.3, 0.4) is 0 Å². The van der Waals surface area contributed by atoms with Gasteiger partial charge in [0.05, 0.1) is 13.0 Å². The van der Waals surface area contributed by atoms with Crippen molar-refractivity contribution in [1.29, 1.82) is 0 Å². The number of nitrogens with zero attached hydrogens (tertiary/aromatic N) is 1. The van der Waals surface area contributed by atoms with Crippen LogP contribution >= 0.6 is 0 Å². The highest BCUT2D eigenvalue weighted by atomic mass is 16.7. The van der Waals surface area contributed by atoms with Gasteiger partial charge in [-0.25, -0.2) is 14.6 Å². The molecule has 4 atom stereocenters. The van der Waals surface area contributed by atoms with Gasteiger partial charge >= 0.3 is 17.9 Å². The third kappa shape index (κ3) is 9.91. The molecule has 1 amide bonds. The first-order valence-electron chi connectivity index (χ1n) is 14.4. The molecule has 1 N–H and O–H groups in total. The van der Waals surface area contributed by atoms with Crippen molar-refractivity contribution in [2.75, 3.05) is 40.3 Å². The quantitative estimate of drug-likeness (QED) is 0.188. The number of ether oxygens (including phenoxy) is 7. The predicted molar refractivity (Wildman–Crippen MR) is 155 cm³/mol. The summed E-state index contributed by atoms with van der Waals surface area (Å²) in [5.41, 5.74) is 0.618. The molecule has 1 aromatic heterocycles. The molecule has 0 radical (unpaired) electrons.